The van der Waals surface area contributed by atoms with Crippen molar-refractivity contribution in [1.29, 1.82) is 0 Å². The van der Waals surface area contributed by atoms with E-state index in [0.29, 0.717) is 11.5 Å². The van der Waals surface area contributed by atoms with Gasteiger partial charge in [0, 0.05) is 5.92 Å². The highest BCUT2D eigenvalue weighted by Crippen LogP contribution is 2.32. The molecule has 1 heterocycles. The Bertz CT molecular complexity index is 583. The van der Waals surface area contributed by atoms with Crippen LogP contribution in [-0.4, -0.2) is 4.98 Å². The third kappa shape index (κ3) is 2.20. The molecule has 0 fully saturated rings. The lowest BCUT2D eigenvalue weighted by Gasteiger charge is -2.16. The van der Waals surface area contributed by atoms with Crippen molar-refractivity contribution in [3.63, 3.8) is 0 Å². The molecule has 5 heteroatoms. The van der Waals surface area contributed by atoms with Crippen molar-refractivity contribution < 1.29 is 4.39 Å². The Hall–Kier alpha value is -2.30. The first kappa shape index (κ1) is 12.2. The van der Waals surface area contributed by atoms with Gasteiger partial charge in [0.1, 0.15) is 17.5 Å². The average molecular weight is 246 g/mol. The molecule has 1 aromatic heterocycles. The normalized spacial score (nSPS) is 12.3. The van der Waals surface area contributed by atoms with E-state index >= 15 is 0 Å². The van der Waals surface area contributed by atoms with Crippen molar-refractivity contribution in [3.05, 3.63) is 47.3 Å². The van der Waals surface area contributed by atoms with E-state index in [-0.39, 0.29) is 17.6 Å². The van der Waals surface area contributed by atoms with Gasteiger partial charge in [0.15, 0.2) is 0 Å². The van der Waals surface area contributed by atoms with Crippen LogP contribution in [-0.2, 0) is 0 Å². The SMILES string of the molecule is CC(c1cccc(F)c1)c1cc(N)nc(N)c1N. The highest BCUT2D eigenvalue weighted by atomic mass is 19.1. The number of hydrogen-bond acceptors (Lipinski definition) is 4. The molecular formula is C13H15FN4. The van der Waals surface area contributed by atoms with Crippen molar-refractivity contribution in [2.24, 2.45) is 0 Å². The summed E-state index contributed by atoms with van der Waals surface area (Å²) in [5, 5.41) is 0. The number of anilines is 3. The highest BCUT2D eigenvalue weighted by molar-refractivity contribution is 5.68. The zero-order chi connectivity index (χ0) is 13.3. The number of halogens is 1. The molecule has 0 aliphatic rings. The molecular weight excluding hydrogens is 231 g/mol. The fourth-order valence-electron chi connectivity index (χ4n) is 1.93. The Morgan fingerprint density at radius 1 is 1.17 bits per heavy atom. The Morgan fingerprint density at radius 2 is 1.89 bits per heavy atom. The molecule has 0 saturated heterocycles. The second-order valence-electron chi connectivity index (χ2n) is 4.21. The molecule has 1 aromatic carbocycles. The number of pyridine rings is 1. The predicted octanol–water partition coefficient (Wildman–Crippen LogP) is 2.12. The number of benzene rings is 1. The molecule has 0 spiro atoms. The van der Waals surface area contributed by atoms with E-state index in [4.69, 9.17) is 17.2 Å². The van der Waals surface area contributed by atoms with Gasteiger partial charge in [0.05, 0.1) is 5.69 Å². The number of rotatable bonds is 2. The van der Waals surface area contributed by atoms with Crippen LogP contribution in [0.2, 0.25) is 0 Å². The van der Waals surface area contributed by atoms with Gasteiger partial charge in [-0.3, -0.25) is 0 Å². The van der Waals surface area contributed by atoms with Crippen LogP contribution in [0, 0.1) is 5.82 Å². The minimum atomic E-state index is -0.284. The first-order valence-corrected chi connectivity index (χ1v) is 5.56. The number of hydrogen-bond donors (Lipinski definition) is 3. The molecule has 0 aliphatic carbocycles. The second-order valence-corrected chi connectivity index (χ2v) is 4.21. The van der Waals surface area contributed by atoms with Crippen molar-refractivity contribution in [2.45, 2.75) is 12.8 Å². The van der Waals surface area contributed by atoms with Gasteiger partial charge in [-0.15, -0.1) is 0 Å². The fraction of sp³-hybridized carbons (Fsp3) is 0.154. The van der Waals surface area contributed by atoms with Crippen molar-refractivity contribution >= 4 is 17.3 Å². The summed E-state index contributed by atoms with van der Waals surface area (Å²) in [6.07, 6.45) is 0. The van der Waals surface area contributed by atoms with E-state index in [1.165, 1.54) is 12.1 Å². The van der Waals surface area contributed by atoms with Crippen LogP contribution in [0.15, 0.2) is 30.3 Å². The summed E-state index contributed by atoms with van der Waals surface area (Å²) in [5.41, 5.74) is 19.2. The molecule has 1 unspecified atom stereocenters. The van der Waals surface area contributed by atoms with Gasteiger partial charge in [-0.1, -0.05) is 19.1 Å². The predicted molar refractivity (Wildman–Crippen MR) is 71.4 cm³/mol. The maximum Gasteiger partial charge on any atom is 0.149 e. The number of nitrogens with two attached hydrogens (primary N) is 3. The number of nitrogens with zero attached hydrogens (tertiary/aromatic N) is 1. The molecule has 94 valence electrons. The summed E-state index contributed by atoms with van der Waals surface area (Å²) < 4.78 is 13.2. The van der Waals surface area contributed by atoms with Gasteiger partial charge in [-0.25, -0.2) is 9.37 Å². The molecule has 0 radical (unpaired) electrons. The number of aromatic nitrogens is 1. The van der Waals surface area contributed by atoms with Crippen LogP contribution in [0.4, 0.5) is 21.7 Å². The summed E-state index contributed by atoms with van der Waals surface area (Å²) in [4.78, 5) is 3.88. The number of nitrogen functional groups attached to an aromatic ring is 3. The van der Waals surface area contributed by atoms with E-state index < -0.39 is 0 Å². The summed E-state index contributed by atoms with van der Waals surface area (Å²) in [5.74, 6) is 0.120. The van der Waals surface area contributed by atoms with E-state index in [2.05, 4.69) is 4.98 Å². The zero-order valence-corrected chi connectivity index (χ0v) is 10.0. The Kier molecular flexibility index (Phi) is 3.06. The second kappa shape index (κ2) is 4.52. The maximum atomic E-state index is 13.2. The third-order valence-electron chi connectivity index (χ3n) is 2.96. The largest absolute Gasteiger partial charge is 0.396 e. The molecule has 2 aromatic rings. The summed E-state index contributed by atoms with van der Waals surface area (Å²) in [6.45, 7) is 1.92. The Balaban J connectivity index is 2.49. The van der Waals surface area contributed by atoms with Gasteiger partial charge >= 0.3 is 0 Å². The van der Waals surface area contributed by atoms with E-state index in [1.807, 2.05) is 13.0 Å². The Morgan fingerprint density at radius 3 is 2.56 bits per heavy atom. The minimum absolute atomic E-state index is 0.103. The quantitative estimate of drug-likeness (QED) is 0.757. The monoisotopic (exact) mass is 246 g/mol. The first-order chi connectivity index (χ1) is 8.49. The molecule has 0 aliphatic heterocycles. The third-order valence-corrected chi connectivity index (χ3v) is 2.96. The molecule has 18 heavy (non-hydrogen) atoms. The molecule has 2 rings (SSSR count). The maximum absolute atomic E-state index is 13.2. The first-order valence-electron chi connectivity index (χ1n) is 5.56. The average Bonchev–Trinajstić information content (AvgIpc) is 2.33. The topological polar surface area (TPSA) is 90.9 Å². The molecule has 0 bridgehead atoms. The summed E-state index contributed by atoms with van der Waals surface area (Å²) in [6, 6.07) is 8.03. The highest BCUT2D eigenvalue weighted by Gasteiger charge is 2.15. The van der Waals surface area contributed by atoms with E-state index in [0.717, 1.165) is 11.1 Å². The van der Waals surface area contributed by atoms with Crippen molar-refractivity contribution in [1.82, 2.24) is 4.98 Å². The lowest BCUT2D eigenvalue weighted by Crippen LogP contribution is -2.08. The van der Waals surface area contributed by atoms with Gasteiger partial charge in [-0.05, 0) is 29.3 Å². The van der Waals surface area contributed by atoms with Gasteiger partial charge in [0.2, 0.25) is 0 Å². The smallest absolute Gasteiger partial charge is 0.149 e. The van der Waals surface area contributed by atoms with E-state index in [9.17, 15) is 4.39 Å². The molecule has 4 nitrogen and oxygen atoms in total. The Labute approximate surface area is 105 Å². The van der Waals surface area contributed by atoms with Gasteiger partial charge < -0.3 is 17.2 Å². The van der Waals surface area contributed by atoms with Crippen molar-refractivity contribution in [3.8, 4) is 0 Å². The van der Waals surface area contributed by atoms with Crippen molar-refractivity contribution in [2.75, 3.05) is 17.2 Å². The van der Waals surface area contributed by atoms with Gasteiger partial charge in [0.25, 0.3) is 0 Å². The summed E-state index contributed by atoms with van der Waals surface area (Å²) in [7, 11) is 0. The molecule has 0 amide bonds. The lowest BCUT2D eigenvalue weighted by molar-refractivity contribution is 0.624. The summed E-state index contributed by atoms with van der Waals surface area (Å²) >= 11 is 0. The van der Waals surface area contributed by atoms with Crippen LogP contribution >= 0.6 is 0 Å². The van der Waals surface area contributed by atoms with Crippen LogP contribution in [0.3, 0.4) is 0 Å². The molecule has 1 atom stereocenters. The fourth-order valence-corrected chi connectivity index (χ4v) is 1.93. The molecule has 0 saturated carbocycles. The van der Waals surface area contributed by atoms with Crippen LogP contribution in [0.5, 0.6) is 0 Å². The van der Waals surface area contributed by atoms with Crippen LogP contribution < -0.4 is 17.2 Å². The standard InChI is InChI=1S/C13H15FN4/c1-7(8-3-2-4-9(14)5-8)10-6-11(15)18-13(17)12(10)16/h2-7H,16H2,1H3,(H4,15,17,18). The minimum Gasteiger partial charge on any atom is -0.396 e. The van der Waals surface area contributed by atoms with E-state index in [1.54, 1.807) is 12.1 Å². The van der Waals surface area contributed by atoms with Crippen LogP contribution in [0.25, 0.3) is 0 Å². The zero-order valence-electron chi connectivity index (χ0n) is 10.0. The van der Waals surface area contributed by atoms with Crippen LogP contribution in [0.1, 0.15) is 24.0 Å². The molecule has 6 N–H and O–H groups in total. The van der Waals surface area contributed by atoms with Gasteiger partial charge in [-0.2, -0.15) is 0 Å². The lowest BCUT2D eigenvalue weighted by atomic mass is 9.92.